The zero-order chi connectivity index (χ0) is 13.7. The second-order valence-corrected chi connectivity index (χ2v) is 5.02. The summed E-state index contributed by atoms with van der Waals surface area (Å²) in [6.45, 7) is 2.17. The first-order valence-corrected chi connectivity index (χ1v) is 6.88. The Kier molecular flexibility index (Phi) is 4.69. The molecule has 0 bridgehead atoms. The average Bonchev–Trinajstić information content (AvgIpc) is 2.42. The number of nitrogens with one attached hydrogen (secondary N) is 1. The van der Waals surface area contributed by atoms with E-state index in [1.54, 1.807) is 12.1 Å². The van der Waals surface area contributed by atoms with E-state index in [1.807, 2.05) is 24.3 Å². The van der Waals surface area contributed by atoms with Crippen LogP contribution in [-0.2, 0) is 0 Å². The normalized spacial score (nSPS) is 12.1. The van der Waals surface area contributed by atoms with Crippen LogP contribution in [0.5, 0.6) is 5.75 Å². The Bertz CT molecular complexity index is 507. The van der Waals surface area contributed by atoms with Crippen LogP contribution in [-0.4, -0.2) is 5.11 Å². The molecule has 3 heteroatoms. The van der Waals surface area contributed by atoms with Gasteiger partial charge in [-0.2, -0.15) is 0 Å². The Balaban J connectivity index is 2.15. The molecule has 19 heavy (non-hydrogen) atoms. The maximum absolute atomic E-state index is 9.30. The van der Waals surface area contributed by atoms with E-state index in [0.717, 1.165) is 23.6 Å². The molecule has 0 aromatic heterocycles. The van der Waals surface area contributed by atoms with Gasteiger partial charge in [0.05, 0.1) is 6.04 Å². The van der Waals surface area contributed by atoms with Gasteiger partial charge in [-0.1, -0.05) is 37.1 Å². The molecule has 1 unspecified atom stereocenters. The largest absolute Gasteiger partial charge is 0.508 e. The number of halogens is 1. The summed E-state index contributed by atoms with van der Waals surface area (Å²) in [4.78, 5) is 0. The summed E-state index contributed by atoms with van der Waals surface area (Å²) in [6, 6.07) is 15.3. The van der Waals surface area contributed by atoms with Gasteiger partial charge in [0.1, 0.15) is 5.75 Å². The molecule has 2 aromatic rings. The van der Waals surface area contributed by atoms with Crippen LogP contribution in [0.3, 0.4) is 0 Å². The zero-order valence-corrected chi connectivity index (χ0v) is 11.7. The van der Waals surface area contributed by atoms with E-state index in [0.29, 0.717) is 0 Å². The molecule has 0 saturated heterocycles. The number of phenolic OH excluding ortho intramolecular Hbond substituents is 1. The first-order chi connectivity index (χ1) is 9.19. The summed E-state index contributed by atoms with van der Waals surface area (Å²) in [7, 11) is 0. The van der Waals surface area contributed by atoms with Gasteiger partial charge < -0.3 is 10.4 Å². The highest BCUT2D eigenvalue weighted by atomic mass is 35.5. The van der Waals surface area contributed by atoms with Crippen molar-refractivity contribution < 1.29 is 5.11 Å². The molecule has 0 aliphatic heterocycles. The molecule has 2 N–H and O–H groups in total. The zero-order valence-electron chi connectivity index (χ0n) is 10.9. The number of hydrogen-bond donors (Lipinski definition) is 2. The third-order valence-corrected chi connectivity index (χ3v) is 3.31. The molecular formula is C16H18ClNO. The minimum atomic E-state index is 0.256. The second kappa shape index (κ2) is 6.48. The van der Waals surface area contributed by atoms with Crippen LogP contribution in [0.2, 0.25) is 5.02 Å². The molecular weight excluding hydrogens is 258 g/mol. The van der Waals surface area contributed by atoms with E-state index in [4.69, 9.17) is 11.6 Å². The lowest BCUT2D eigenvalue weighted by atomic mass is 10.0. The molecule has 1 atom stereocenters. The number of benzene rings is 2. The van der Waals surface area contributed by atoms with Crippen molar-refractivity contribution in [1.82, 2.24) is 0 Å². The number of aromatic hydroxyl groups is 1. The quantitative estimate of drug-likeness (QED) is 0.753. The predicted octanol–water partition coefficient (Wildman–Crippen LogP) is 5.00. The molecule has 0 saturated carbocycles. The highest BCUT2D eigenvalue weighted by molar-refractivity contribution is 6.30. The Morgan fingerprint density at radius 1 is 1.05 bits per heavy atom. The summed E-state index contributed by atoms with van der Waals surface area (Å²) < 4.78 is 0. The van der Waals surface area contributed by atoms with Gasteiger partial charge in [0.2, 0.25) is 0 Å². The van der Waals surface area contributed by atoms with E-state index in [1.165, 1.54) is 5.56 Å². The minimum Gasteiger partial charge on any atom is -0.508 e. The van der Waals surface area contributed by atoms with E-state index in [2.05, 4.69) is 24.4 Å². The van der Waals surface area contributed by atoms with Crippen molar-refractivity contribution in [1.29, 1.82) is 0 Å². The summed E-state index contributed by atoms with van der Waals surface area (Å²) >= 11 is 5.92. The molecule has 2 nitrogen and oxygen atoms in total. The highest BCUT2D eigenvalue weighted by Gasteiger charge is 2.10. The van der Waals surface area contributed by atoms with Gasteiger partial charge >= 0.3 is 0 Å². The maximum atomic E-state index is 9.30. The van der Waals surface area contributed by atoms with Gasteiger partial charge in [0.15, 0.2) is 0 Å². The van der Waals surface area contributed by atoms with Gasteiger partial charge in [-0.3, -0.25) is 0 Å². The molecule has 2 rings (SSSR count). The minimum absolute atomic E-state index is 0.256. The maximum Gasteiger partial charge on any atom is 0.115 e. The molecule has 0 spiro atoms. The first kappa shape index (κ1) is 13.8. The van der Waals surface area contributed by atoms with Gasteiger partial charge in [0.25, 0.3) is 0 Å². The second-order valence-electron chi connectivity index (χ2n) is 4.58. The van der Waals surface area contributed by atoms with Crippen molar-refractivity contribution in [2.45, 2.75) is 25.8 Å². The lowest BCUT2D eigenvalue weighted by Crippen LogP contribution is -2.10. The van der Waals surface area contributed by atoms with Gasteiger partial charge in [0, 0.05) is 10.7 Å². The molecule has 0 fully saturated rings. The molecule has 0 aliphatic rings. The third-order valence-electron chi connectivity index (χ3n) is 3.06. The average molecular weight is 276 g/mol. The summed E-state index contributed by atoms with van der Waals surface area (Å²) in [5.41, 5.74) is 2.23. The van der Waals surface area contributed by atoms with Crippen LogP contribution in [0.1, 0.15) is 31.4 Å². The van der Waals surface area contributed by atoms with E-state index in [9.17, 15) is 5.11 Å². The fraction of sp³-hybridized carbons (Fsp3) is 0.250. The van der Waals surface area contributed by atoms with Crippen molar-refractivity contribution >= 4 is 17.3 Å². The number of phenols is 1. The molecule has 0 amide bonds. The van der Waals surface area contributed by atoms with Crippen molar-refractivity contribution in [3.63, 3.8) is 0 Å². The third kappa shape index (κ3) is 3.90. The SMILES string of the molecule is CCCC(Nc1ccc(O)cc1)c1ccc(Cl)cc1. The number of hydrogen-bond acceptors (Lipinski definition) is 2. The van der Waals surface area contributed by atoms with Crippen LogP contribution >= 0.6 is 11.6 Å². The van der Waals surface area contributed by atoms with Crippen molar-refractivity contribution in [3.05, 3.63) is 59.1 Å². The van der Waals surface area contributed by atoms with Gasteiger partial charge in [-0.25, -0.2) is 0 Å². The number of rotatable bonds is 5. The topological polar surface area (TPSA) is 32.3 Å². The Hall–Kier alpha value is -1.67. The van der Waals surface area contributed by atoms with Gasteiger partial charge in [-0.05, 0) is 48.4 Å². The summed E-state index contributed by atoms with van der Waals surface area (Å²) in [5.74, 6) is 0.282. The Morgan fingerprint density at radius 3 is 2.26 bits per heavy atom. The molecule has 0 heterocycles. The van der Waals surface area contributed by atoms with Crippen molar-refractivity contribution in [2.24, 2.45) is 0 Å². The first-order valence-electron chi connectivity index (χ1n) is 6.50. The summed E-state index contributed by atoms with van der Waals surface area (Å²) in [6.07, 6.45) is 2.14. The molecule has 2 aromatic carbocycles. The van der Waals surface area contributed by atoms with Crippen LogP contribution < -0.4 is 5.32 Å². The number of anilines is 1. The standard InChI is InChI=1S/C16H18ClNO/c1-2-3-16(12-4-6-13(17)7-5-12)18-14-8-10-15(19)11-9-14/h4-11,16,18-19H,2-3H2,1H3. The monoisotopic (exact) mass is 275 g/mol. The fourth-order valence-corrected chi connectivity index (χ4v) is 2.19. The lowest BCUT2D eigenvalue weighted by Gasteiger charge is -2.20. The highest BCUT2D eigenvalue weighted by Crippen LogP contribution is 2.26. The van der Waals surface area contributed by atoms with Crippen molar-refractivity contribution in [2.75, 3.05) is 5.32 Å². The predicted molar refractivity (Wildman–Crippen MR) is 80.8 cm³/mol. The Labute approximate surface area is 119 Å². The Morgan fingerprint density at radius 2 is 1.68 bits per heavy atom. The van der Waals surface area contributed by atoms with Crippen molar-refractivity contribution in [3.8, 4) is 5.75 Å². The van der Waals surface area contributed by atoms with E-state index >= 15 is 0 Å². The van der Waals surface area contributed by atoms with Crippen LogP contribution in [0, 0.1) is 0 Å². The molecule has 100 valence electrons. The van der Waals surface area contributed by atoms with E-state index in [-0.39, 0.29) is 11.8 Å². The molecule has 0 radical (unpaired) electrons. The van der Waals surface area contributed by atoms with E-state index < -0.39 is 0 Å². The van der Waals surface area contributed by atoms with Gasteiger partial charge in [-0.15, -0.1) is 0 Å². The molecule has 0 aliphatic carbocycles. The fourth-order valence-electron chi connectivity index (χ4n) is 2.06. The van der Waals surface area contributed by atoms with Crippen LogP contribution in [0.4, 0.5) is 5.69 Å². The van der Waals surface area contributed by atoms with Crippen LogP contribution in [0.15, 0.2) is 48.5 Å². The smallest absolute Gasteiger partial charge is 0.115 e. The summed E-state index contributed by atoms with van der Waals surface area (Å²) in [5, 5.41) is 13.5. The lowest BCUT2D eigenvalue weighted by molar-refractivity contribution is 0.475. The van der Waals surface area contributed by atoms with Crippen LogP contribution in [0.25, 0.3) is 0 Å².